The second kappa shape index (κ2) is 7.63. The number of aromatic nitrogens is 1. The third-order valence-corrected chi connectivity index (χ3v) is 3.50. The zero-order valence-electron chi connectivity index (χ0n) is 12.4. The summed E-state index contributed by atoms with van der Waals surface area (Å²) in [5.74, 6) is -0.880. The topological polar surface area (TPSA) is 63.2 Å². The lowest BCUT2D eigenvalue weighted by molar-refractivity contribution is -0.154. The molecule has 1 saturated carbocycles. The van der Waals surface area contributed by atoms with Gasteiger partial charge in [0, 0.05) is 30.8 Å². The van der Waals surface area contributed by atoms with E-state index in [1.807, 2.05) is 0 Å². The molecule has 5 nitrogen and oxygen atoms in total. The van der Waals surface area contributed by atoms with Crippen molar-refractivity contribution in [3.05, 3.63) is 23.9 Å². The maximum Gasteiger partial charge on any atom is 0.422 e. The van der Waals surface area contributed by atoms with E-state index in [4.69, 9.17) is 0 Å². The number of halogens is 5. The van der Waals surface area contributed by atoms with E-state index < -0.39 is 31.2 Å². The predicted octanol–water partition coefficient (Wildman–Crippen LogP) is 2.87. The first kappa shape index (κ1) is 18.2. The minimum Gasteiger partial charge on any atom is -0.468 e. The van der Waals surface area contributed by atoms with Crippen LogP contribution in [0.5, 0.6) is 5.88 Å². The number of urea groups is 1. The summed E-state index contributed by atoms with van der Waals surface area (Å²) >= 11 is 0. The van der Waals surface area contributed by atoms with Crippen molar-refractivity contribution in [2.45, 2.75) is 38.0 Å². The highest BCUT2D eigenvalue weighted by atomic mass is 19.4. The lowest BCUT2D eigenvalue weighted by Crippen LogP contribution is -2.49. The fraction of sp³-hybridized carbons (Fsp3) is 0.571. The summed E-state index contributed by atoms with van der Waals surface area (Å²) in [6.45, 7) is -1.41. The molecule has 1 aliphatic carbocycles. The molecule has 2 rings (SSSR count). The van der Waals surface area contributed by atoms with Gasteiger partial charge in [-0.2, -0.15) is 13.2 Å². The summed E-state index contributed by atoms with van der Waals surface area (Å²) in [5, 5.41) is 5.05. The minimum atomic E-state index is -4.46. The van der Waals surface area contributed by atoms with E-state index in [1.165, 1.54) is 18.3 Å². The summed E-state index contributed by atoms with van der Waals surface area (Å²) < 4.78 is 65.3. The first-order valence-electron chi connectivity index (χ1n) is 7.20. The van der Waals surface area contributed by atoms with Gasteiger partial charge in [-0.3, -0.25) is 0 Å². The largest absolute Gasteiger partial charge is 0.468 e. The van der Waals surface area contributed by atoms with Gasteiger partial charge >= 0.3 is 12.2 Å². The van der Waals surface area contributed by atoms with Crippen LogP contribution in [0.15, 0.2) is 18.3 Å². The quantitative estimate of drug-likeness (QED) is 0.773. The zero-order chi connectivity index (χ0) is 17.7. The number of hydrogen-bond acceptors (Lipinski definition) is 3. The molecule has 24 heavy (non-hydrogen) atoms. The molecule has 1 heterocycles. The van der Waals surface area contributed by atoms with E-state index >= 15 is 0 Å². The first-order valence-corrected chi connectivity index (χ1v) is 7.20. The van der Waals surface area contributed by atoms with Gasteiger partial charge in [-0.25, -0.2) is 18.6 Å². The number of ether oxygens (including phenoxy) is 1. The summed E-state index contributed by atoms with van der Waals surface area (Å²) in [6.07, 6.45) is -5.11. The van der Waals surface area contributed by atoms with Gasteiger partial charge in [0.25, 0.3) is 0 Å². The Morgan fingerprint density at radius 1 is 1.38 bits per heavy atom. The fourth-order valence-electron chi connectivity index (χ4n) is 2.20. The monoisotopic (exact) mass is 353 g/mol. The zero-order valence-corrected chi connectivity index (χ0v) is 12.4. The molecular weight excluding hydrogens is 337 g/mol. The standard InChI is InChI=1S/C14H16F5N3O2/c15-12(16)9-4-10(5-9)22-13(23)21-6-8-1-2-20-11(3-8)24-7-14(17,18)19/h1-3,9-10,12H,4-7H2,(H2,21,22,23). The molecule has 0 aromatic carbocycles. The van der Waals surface area contributed by atoms with Crippen LogP contribution >= 0.6 is 0 Å². The number of rotatable bonds is 6. The first-order chi connectivity index (χ1) is 11.2. The highest BCUT2D eigenvalue weighted by Crippen LogP contribution is 2.32. The van der Waals surface area contributed by atoms with Crippen LogP contribution in [0.1, 0.15) is 18.4 Å². The Morgan fingerprint density at radius 2 is 2.08 bits per heavy atom. The number of nitrogens with zero attached hydrogens (tertiary/aromatic N) is 1. The van der Waals surface area contributed by atoms with Crippen molar-refractivity contribution in [1.82, 2.24) is 15.6 Å². The molecule has 0 aliphatic heterocycles. The molecular formula is C14H16F5N3O2. The number of alkyl halides is 5. The van der Waals surface area contributed by atoms with E-state index in [0.717, 1.165) is 0 Å². The van der Waals surface area contributed by atoms with Gasteiger partial charge < -0.3 is 15.4 Å². The molecule has 134 valence electrons. The Hall–Kier alpha value is -2.13. The van der Waals surface area contributed by atoms with E-state index in [0.29, 0.717) is 5.56 Å². The van der Waals surface area contributed by atoms with E-state index in [9.17, 15) is 26.7 Å². The van der Waals surface area contributed by atoms with Crippen LogP contribution in [-0.4, -0.2) is 36.3 Å². The molecule has 2 N–H and O–H groups in total. The van der Waals surface area contributed by atoms with Crippen molar-refractivity contribution in [2.75, 3.05) is 6.61 Å². The van der Waals surface area contributed by atoms with Crippen LogP contribution in [0.25, 0.3) is 0 Å². The van der Waals surface area contributed by atoms with Gasteiger partial charge in [0.1, 0.15) is 0 Å². The molecule has 1 aliphatic rings. The second-order valence-corrected chi connectivity index (χ2v) is 5.50. The Balaban J connectivity index is 1.73. The van der Waals surface area contributed by atoms with Crippen molar-refractivity contribution < 1.29 is 31.5 Å². The van der Waals surface area contributed by atoms with Crippen LogP contribution in [0, 0.1) is 5.92 Å². The van der Waals surface area contributed by atoms with Crippen molar-refractivity contribution in [3.8, 4) is 5.88 Å². The summed E-state index contributed by atoms with van der Waals surface area (Å²) in [6, 6.07) is 1.98. The number of nitrogens with one attached hydrogen (secondary N) is 2. The highest BCUT2D eigenvalue weighted by molar-refractivity contribution is 5.74. The van der Waals surface area contributed by atoms with Crippen molar-refractivity contribution >= 4 is 6.03 Å². The van der Waals surface area contributed by atoms with E-state index in [-0.39, 0.29) is 31.3 Å². The molecule has 1 aromatic rings. The number of carbonyl (C=O) groups is 1. The van der Waals surface area contributed by atoms with Crippen LogP contribution in [0.2, 0.25) is 0 Å². The Kier molecular flexibility index (Phi) is 5.79. The number of hydrogen-bond donors (Lipinski definition) is 2. The summed E-state index contributed by atoms with van der Waals surface area (Å²) in [4.78, 5) is 15.3. The SMILES string of the molecule is O=C(NCc1ccnc(OCC(F)(F)F)c1)NC1CC(C(F)F)C1. The molecule has 0 atom stereocenters. The maximum atomic E-state index is 12.3. The highest BCUT2D eigenvalue weighted by Gasteiger charge is 2.36. The van der Waals surface area contributed by atoms with Crippen LogP contribution in [-0.2, 0) is 6.54 Å². The third kappa shape index (κ3) is 5.82. The molecule has 1 fully saturated rings. The van der Waals surface area contributed by atoms with Gasteiger partial charge in [0.2, 0.25) is 12.3 Å². The normalized spacial score (nSPS) is 20.4. The van der Waals surface area contributed by atoms with Gasteiger partial charge in [0.05, 0.1) is 0 Å². The Morgan fingerprint density at radius 3 is 2.71 bits per heavy atom. The third-order valence-electron chi connectivity index (χ3n) is 3.50. The van der Waals surface area contributed by atoms with Crippen molar-refractivity contribution in [1.29, 1.82) is 0 Å². The van der Waals surface area contributed by atoms with Gasteiger partial charge in [0.15, 0.2) is 6.61 Å². The van der Waals surface area contributed by atoms with Crippen LogP contribution < -0.4 is 15.4 Å². The summed E-state index contributed by atoms with van der Waals surface area (Å²) in [5.41, 5.74) is 0.497. The molecule has 0 saturated heterocycles. The molecule has 2 amide bonds. The molecule has 1 aromatic heterocycles. The number of amides is 2. The van der Waals surface area contributed by atoms with Crippen molar-refractivity contribution in [3.63, 3.8) is 0 Å². The van der Waals surface area contributed by atoms with Crippen LogP contribution in [0.4, 0.5) is 26.7 Å². The Labute approximate surface area is 134 Å². The molecule has 0 spiro atoms. The van der Waals surface area contributed by atoms with Crippen LogP contribution in [0.3, 0.4) is 0 Å². The predicted molar refractivity (Wildman–Crippen MR) is 73.7 cm³/mol. The number of pyridine rings is 1. The van der Waals surface area contributed by atoms with Gasteiger partial charge in [-0.15, -0.1) is 0 Å². The maximum absolute atomic E-state index is 12.3. The average Bonchev–Trinajstić information content (AvgIpc) is 2.45. The lowest BCUT2D eigenvalue weighted by atomic mass is 9.81. The minimum absolute atomic E-state index is 0.0434. The van der Waals surface area contributed by atoms with E-state index in [1.54, 1.807) is 0 Å². The lowest BCUT2D eigenvalue weighted by Gasteiger charge is -2.35. The van der Waals surface area contributed by atoms with Gasteiger partial charge in [-0.1, -0.05) is 0 Å². The molecule has 10 heteroatoms. The molecule has 0 unspecified atom stereocenters. The van der Waals surface area contributed by atoms with E-state index in [2.05, 4.69) is 20.4 Å². The average molecular weight is 353 g/mol. The smallest absolute Gasteiger partial charge is 0.422 e. The fourth-order valence-corrected chi connectivity index (χ4v) is 2.20. The van der Waals surface area contributed by atoms with Crippen molar-refractivity contribution in [2.24, 2.45) is 5.92 Å². The molecule has 0 bridgehead atoms. The Bertz CT molecular complexity index is 562. The number of carbonyl (C=O) groups excluding carboxylic acids is 1. The second-order valence-electron chi connectivity index (χ2n) is 5.50. The summed E-state index contributed by atoms with van der Waals surface area (Å²) in [7, 11) is 0. The van der Waals surface area contributed by atoms with Gasteiger partial charge in [-0.05, 0) is 24.5 Å². The molecule has 0 radical (unpaired) electrons.